The van der Waals surface area contributed by atoms with Crippen molar-refractivity contribution in [3.05, 3.63) is 23.8 Å². The lowest BCUT2D eigenvalue weighted by Crippen LogP contribution is -2.25. The molecule has 0 aliphatic carbocycles. The first-order valence-electron chi connectivity index (χ1n) is 4.50. The van der Waals surface area contributed by atoms with Crippen LogP contribution in [-0.2, 0) is 11.3 Å². The van der Waals surface area contributed by atoms with Gasteiger partial charge in [0.25, 0.3) is 5.91 Å². The van der Waals surface area contributed by atoms with E-state index in [2.05, 4.69) is 10.6 Å². The van der Waals surface area contributed by atoms with E-state index in [1.165, 1.54) is 0 Å². The molecule has 14 heavy (non-hydrogen) atoms. The summed E-state index contributed by atoms with van der Waals surface area (Å²) in [6.45, 7) is 0.890. The summed E-state index contributed by atoms with van der Waals surface area (Å²) in [6.07, 6.45) is 0. The Morgan fingerprint density at radius 1 is 1.57 bits per heavy atom. The second-order valence-corrected chi connectivity index (χ2v) is 3.20. The Balaban J connectivity index is 2.28. The third kappa shape index (κ3) is 1.70. The predicted octanol–water partition coefficient (Wildman–Crippen LogP) is 0.737. The van der Waals surface area contributed by atoms with Gasteiger partial charge in [-0.15, -0.1) is 0 Å². The number of carbonyl (C=O) groups excluding carboxylic acids is 1. The number of hydrogen-bond donors (Lipinski definition) is 2. The molecular weight excluding hydrogens is 180 g/mol. The van der Waals surface area contributed by atoms with Gasteiger partial charge in [-0.05, 0) is 24.7 Å². The summed E-state index contributed by atoms with van der Waals surface area (Å²) in [4.78, 5) is 11.0. The average molecular weight is 192 g/mol. The molecule has 4 nitrogen and oxygen atoms in total. The van der Waals surface area contributed by atoms with Crippen LogP contribution in [0.1, 0.15) is 5.56 Å². The van der Waals surface area contributed by atoms with Crippen molar-refractivity contribution >= 4 is 11.6 Å². The monoisotopic (exact) mass is 192 g/mol. The van der Waals surface area contributed by atoms with Crippen molar-refractivity contribution in [3.8, 4) is 5.75 Å². The maximum Gasteiger partial charge on any atom is 0.262 e. The highest BCUT2D eigenvalue weighted by Gasteiger charge is 2.15. The van der Waals surface area contributed by atoms with Crippen molar-refractivity contribution < 1.29 is 9.53 Å². The zero-order chi connectivity index (χ0) is 9.97. The van der Waals surface area contributed by atoms with E-state index in [0.29, 0.717) is 0 Å². The molecule has 0 radical (unpaired) electrons. The molecule has 1 aromatic rings. The van der Waals surface area contributed by atoms with Crippen LogP contribution < -0.4 is 15.4 Å². The maximum atomic E-state index is 11.0. The first-order chi connectivity index (χ1) is 6.79. The molecular formula is C10H12N2O2. The smallest absolute Gasteiger partial charge is 0.262 e. The van der Waals surface area contributed by atoms with Gasteiger partial charge in [0.15, 0.2) is 6.61 Å². The number of benzene rings is 1. The minimum absolute atomic E-state index is 0.0980. The highest BCUT2D eigenvalue weighted by atomic mass is 16.5. The van der Waals surface area contributed by atoms with Crippen molar-refractivity contribution in [2.24, 2.45) is 0 Å². The zero-order valence-electron chi connectivity index (χ0n) is 7.96. The van der Waals surface area contributed by atoms with E-state index in [-0.39, 0.29) is 12.5 Å². The number of fused-ring (bicyclic) bond motifs is 1. The lowest BCUT2D eigenvalue weighted by atomic mass is 10.1. The van der Waals surface area contributed by atoms with Crippen molar-refractivity contribution in [1.82, 2.24) is 5.32 Å². The van der Waals surface area contributed by atoms with Gasteiger partial charge in [0, 0.05) is 6.54 Å². The van der Waals surface area contributed by atoms with Crippen LogP contribution >= 0.6 is 0 Å². The van der Waals surface area contributed by atoms with Crippen molar-refractivity contribution in [2.75, 3.05) is 19.0 Å². The zero-order valence-corrected chi connectivity index (χ0v) is 7.96. The molecule has 0 atom stereocenters. The first-order valence-corrected chi connectivity index (χ1v) is 4.50. The van der Waals surface area contributed by atoms with Crippen LogP contribution in [0.4, 0.5) is 5.69 Å². The molecule has 1 aliphatic rings. The Morgan fingerprint density at radius 2 is 2.43 bits per heavy atom. The minimum Gasteiger partial charge on any atom is -0.482 e. The third-order valence-corrected chi connectivity index (χ3v) is 2.06. The largest absolute Gasteiger partial charge is 0.482 e. The molecule has 0 spiro atoms. The summed E-state index contributed by atoms with van der Waals surface area (Å²) < 4.78 is 5.24. The average Bonchev–Trinajstić information content (AvgIpc) is 2.17. The SMILES string of the molecule is CNCc1ccc2c(c1)NC(=O)CO2. The fourth-order valence-corrected chi connectivity index (χ4v) is 1.44. The molecule has 4 heteroatoms. The Kier molecular flexibility index (Phi) is 2.37. The van der Waals surface area contributed by atoms with E-state index >= 15 is 0 Å². The highest BCUT2D eigenvalue weighted by molar-refractivity contribution is 5.95. The molecule has 0 saturated carbocycles. The minimum atomic E-state index is -0.0980. The van der Waals surface area contributed by atoms with Crippen LogP contribution in [0, 0.1) is 0 Å². The summed E-state index contributed by atoms with van der Waals surface area (Å²) in [7, 11) is 1.88. The molecule has 0 unspecified atom stereocenters. The van der Waals surface area contributed by atoms with Gasteiger partial charge in [-0.25, -0.2) is 0 Å². The Hall–Kier alpha value is -1.55. The summed E-state index contributed by atoms with van der Waals surface area (Å²) in [6, 6.07) is 5.77. The third-order valence-electron chi connectivity index (χ3n) is 2.06. The second kappa shape index (κ2) is 3.67. The normalized spacial score (nSPS) is 14.2. The number of ether oxygens (including phenoxy) is 1. The Labute approximate surface area is 82.3 Å². The van der Waals surface area contributed by atoms with E-state index in [4.69, 9.17) is 4.74 Å². The summed E-state index contributed by atoms with van der Waals surface area (Å²) in [5.74, 6) is 0.642. The number of nitrogens with one attached hydrogen (secondary N) is 2. The maximum absolute atomic E-state index is 11.0. The first kappa shape index (κ1) is 9.02. The molecule has 1 aliphatic heterocycles. The quantitative estimate of drug-likeness (QED) is 0.726. The van der Waals surface area contributed by atoms with Gasteiger partial charge in [-0.2, -0.15) is 0 Å². The lowest BCUT2D eigenvalue weighted by molar-refractivity contribution is -0.118. The molecule has 74 valence electrons. The van der Waals surface area contributed by atoms with Crippen LogP contribution in [0.25, 0.3) is 0 Å². The molecule has 0 aromatic heterocycles. The van der Waals surface area contributed by atoms with Crippen LogP contribution in [0.5, 0.6) is 5.75 Å². The van der Waals surface area contributed by atoms with E-state index in [1.54, 1.807) is 0 Å². The van der Waals surface area contributed by atoms with Crippen molar-refractivity contribution in [2.45, 2.75) is 6.54 Å². The van der Waals surface area contributed by atoms with Gasteiger partial charge in [-0.1, -0.05) is 6.07 Å². The standard InChI is InChI=1S/C10H12N2O2/c1-11-5-7-2-3-9-8(4-7)12-10(13)6-14-9/h2-4,11H,5-6H2,1H3,(H,12,13). The number of carbonyl (C=O) groups is 1. The van der Waals surface area contributed by atoms with Gasteiger partial charge in [0.1, 0.15) is 5.75 Å². The van der Waals surface area contributed by atoms with Crippen molar-refractivity contribution in [1.29, 1.82) is 0 Å². The van der Waals surface area contributed by atoms with Crippen LogP contribution in [-0.4, -0.2) is 19.6 Å². The van der Waals surface area contributed by atoms with E-state index in [1.807, 2.05) is 25.2 Å². The van der Waals surface area contributed by atoms with E-state index in [0.717, 1.165) is 23.5 Å². The molecule has 0 bridgehead atoms. The second-order valence-electron chi connectivity index (χ2n) is 3.20. The number of amides is 1. The summed E-state index contributed by atoms with van der Waals surface area (Å²) in [5, 5.41) is 5.82. The van der Waals surface area contributed by atoms with Gasteiger partial charge >= 0.3 is 0 Å². The Morgan fingerprint density at radius 3 is 3.21 bits per heavy atom. The molecule has 1 aromatic carbocycles. The van der Waals surface area contributed by atoms with Crippen LogP contribution in [0.2, 0.25) is 0 Å². The number of hydrogen-bond acceptors (Lipinski definition) is 3. The Bertz CT molecular complexity index is 363. The van der Waals surface area contributed by atoms with Crippen LogP contribution in [0.3, 0.4) is 0 Å². The molecule has 1 amide bonds. The molecule has 0 fully saturated rings. The fourth-order valence-electron chi connectivity index (χ4n) is 1.44. The molecule has 2 rings (SSSR count). The highest BCUT2D eigenvalue weighted by Crippen LogP contribution is 2.28. The lowest BCUT2D eigenvalue weighted by Gasteiger charge is -2.18. The summed E-state index contributed by atoms with van der Waals surface area (Å²) in [5.41, 5.74) is 1.88. The summed E-state index contributed by atoms with van der Waals surface area (Å²) >= 11 is 0. The molecule has 1 heterocycles. The van der Waals surface area contributed by atoms with Gasteiger partial charge in [0.05, 0.1) is 5.69 Å². The number of rotatable bonds is 2. The predicted molar refractivity (Wildman–Crippen MR) is 53.3 cm³/mol. The molecule has 0 saturated heterocycles. The fraction of sp³-hybridized carbons (Fsp3) is 0.300. The van der Waals surface area contributed by atoms with E-state index < -0.39 is 0 Å². The topological polar surface area (TPSA) is 50.4 Å². The van der Waals surface area contributed by atoms with Gasteiger partial charge in [0.2, 0.25) is 0 Å². The van der Waals surface area contributed by atoms with Gasteiger partial charge in [-0.3, -0.25) is 4.79 Å². The van der Waals surface area contributed by atoms with E-state index in [9.17, 15) is 4.79 Å². The van der Waals surface area contributed by atoms with Crippen molar-refractivity contribution in [3.63, 3.8) is 0 Å². The number of anilines is 1. The van der Waals surface area contributed by atoms with Crippen LogP contribution in [0.15, 0.2) is 18.2 Å². The van der Waals surface area contributed by atoms with Gasteiger partial charge < -0.3 is 15.4 Å². The molecule has 2 N–H and O–H groups in total.